The number of hydrogen-bond acceptors (Lipinski definition) is 5. The van der Waals surface area contributed by atoms with Crippen LogP contribution >= 0.6 is 0 Å². The Morgan fingerprint density at radius 2 is 1.62 bits per heavy atom. The summed E-state index contributed by atoms with van der Waals surface area (Å²) in [6, 6.07) is 7.07. The van der Waals surface area contributed by atoms with Gasteiger partial charge in [0.15, 0.2) is 11.5 Å². The van der Waals surface area contributed by atoms with Crippen molar-refractivity contribution in [2.75, 3.05) is 0 Å². The molecule has 1 amide bonds. The van der Waals surface area contributed by atoms with Crippen molar-refractivity contribution >= 4 is 11.9 Å². The van der Waals surface area contributed by atoms with Crippen molar-refractivity contribution in [1.29, 1.82) is 0 Å². The lowest BCUT2D eigenvalue weighted by Crippen LogP contribution is -2.50. The van der Waals surface area contributed by atoms with Gasteiger partial charge in [0.2, 0.25) is 5.91 Å². The van der Waals surface area contributed by atoms with Crippen molar-refractivity contribution in [3.63, 3.8) is 0 Å². The van der Waals surface area contributed by atoms with Gasteiger partial charge in [-0.15, -0.1) is 0 Å². The number of hydrogen-bond donors (Lipinski definition) is 5. The average Bonchev–Trinajstić information content (AvgIpc) is 2.59. The number of amides is 1. The van der Waals surface area contributed by atoms with Crippen LogP contribution in [0.2, 0.25) is 0 Å². The van der Waals surface area contributed by atoms with Gasteiger partial charge in [0.25, 0.3) is 0 Å². The second kappa shape index (κ2) is 8.30. The third-order valence-electron chi connectivity index (χ3n) is 3.80. The molecule has 0 aliphatic carbocycles. The van der Waals surface area contributed by atoms with E-state index in [4.69, 9.17) is 5.73 Å². The van der Waals surface area contributed by atoms with E-state index in [1.165, 1.54) is 42.5 Å². The van der Waals surface area contributed by atoms with Crippen molar-refractivity contribution in [3.8, 4) is 11.5 Å². The zero-order valence-corrected chi connectivity index (χ0v) is 13.7. The number of rotatable bonds is 7. The maximum atomic E-state index is 12.9. The zero-order valence-electron chi connectivity index (χ0n) is 13.7. The molecule has 6 N–H and O–H groups in total. The number of aromatic hydroxyl groups is 2. The Morgan fingerprint density at radius 3 is 2.19 bits per heavy atom. The van der Waals surface area contributed by atoms with Gasteiger partial charge in [0.1, 0.15) is 11.9 Å². The fourth-order valence-electron chi connectivity index (χ4n) is 2.38. The van der Waals surface area contributed by atoms with E-state index in [0.29, 0.717) is 11.1 Å². The second-order valence-corrected chi connectivity index (χ2v) is 5.86. The quantitative estimate of drug-likeness (QED) is 0.465. The number of phenolic OH excluding ortho intramolecular Hbond substituents is 2. The number of carbonyl (C=O) groups is 2. The molecule has 0 unspecified atom stereocenters. The molecule has 0 spiro atoms. The lowest BCUT2D eigenvalue weighted by atomic mass is 10.0. The van der Waals surface area contributed by atoms with Crippen LogP contribution in [0.15, 0.2) is 42.5 Å². The summed E-state index contributed by atoms with van der Waals surface area (Å²) in [6.45, 7) is 0. The van der Waals surface area contributed by atoms with Crippen LogP contribution in [0, 0.1) is 5.82 Å². The third kappa shape index (κ3) is 5.18. The third-order valence-corrected chi connectivity index (χ3v) is 3.80. The minimum Gasteiger partial charge on any atom is -0.504 e. The number of nitrogens with one attached hydrogen (secondary N) is 1. The first-order valence-corrected chi connectivity index (χ1v) is 7.80. The summed E-state index contributed by atoms with van der Waals surface area (Å²) < 4.78 is 12.9. The van der Waals surface area contributed by atoms with E-state index in [0.717, 1.165) is 0 Å². The predicted octanol–water partition coefficient (Wildman–Crippen LogP) is 0.919. The van der Waals surface area contributed by atoms with Crippen molar-refractivity contribution in [3.05, 3.63) is 59.4 Å². The summed E-state index contributed by atoms with van der Waals surface area (Å²) in [5.74, 6) is -2.99. The minimum absolute atomic E-state index is 0.0198. The molecular weight excluding hydrogens is 343 g/mol. The maximum Gasteiger partial charge on any atom is 0.326 e. The molecule has 2 aromatic rings. The topological polar surface area (TPSA) is 133 Å². The molecule has 0 saturated heterocycles. The number of nitrogens with two attached hydrogens (primary N) is 1. The summed E-state index contributed by atoms with van der Waals surface area (Å²) in [7, 11) is 0. The van der Waals surface area contributed by atoms with E-state index < -0.39 is 29.8 Å². The zero-order chi connectivity index (χ0) is 19.3. The first kappa shape index (κ1) is 19.2. The summed E-state index contributed by atoms with van der Waals surface area (Å²) in [6.07, 6.45) is 0.0244. The molecule has 8 heteroatoms. The number of halogens is 1. The van der Waals surface area contributed by atoms with Crippen molar-refractivity contribution < 1.29 is 29.3 Å². The molecule has 2 aromatic carbocycles. The van der Waals surface area contributed by atoms with E-state index in [1.54, 1.807) is 0 Å². The number of carbonyl (C=O) groups excluding carboxylic acids is 1. The average molecular weight is 362 g/mol. The van der Waals surface area contributed by atoms with Gasteiger partial charge in [0.05, 0.1) is 6.04 Å². The molecule has 0 bridgehead atoms. The van der Waals surface area contributed by atoms with Crippen LogP contribution < -0.4 is 11.1 Å². The smallest absolute Gasteiger partial charge is 0.326 e. The van der Waals surface area contributed by atoms with Crippen LogP contribution in [0.5, 0.6) is 11.5 Å². The Hall–Kier alpha value is -3.13. The van der Waals surface area contributed by atoms with Gasteiger partial charge in [-0.2, -0.15) is 0 Å². The lowest BCUT2D eigenvalue weighted by Gasteiger charge is -2.18. The van der Waals surface area contributed by atoms with Gasteiger partial charge >= 0.3 is 5.97 Å². The number of phenols is 2. The van der Waals surface area contributed by atoms with Crippen LogP contribution in [-0.2, 0) is 22.4 Å². The van der Waals surface area contributed by atoms with E-state index in [1.807, 2.05) is 0 Å². The van der Waals surface area contributed by atoms with Gasteiger partial charge in [0, 0.05) is 6.42 Å². The Morgan fingerprint density at radius 1 is 1.00 bits per heavy atom. The SMILES string of the molecule is N[C@@H](Cc1ccc(O)c(O)c1)C(=O)N[C@@H](Cc1ccc(F)cc1)C(=O)O. The Bertz CT molecular complexity index is 795. The van der Waals surface area contributed by atoms with Crippen molar-refractivity contribution in [2.24, 2.45) is 5.73 Å². The molecule has 138 valence electrons. The summed E-state index contributed by atoms with van der Waals surface area (Å²) >= 11 is 0. The standard InChI is InChI=1S/C18H19FN2O5/c19-12-4-1-10(2-5-12)8-14(18(25)26)21-17(24)13(20)7-11-3-6-15(22)16(23)9-11/h1-6,9,13-14,22-23H,7-8,20H2,(H,21,24)(H,25,26)/t13-,14-/m0/s1. The van der Waals surface area contributed by atoms with Crippen LogP contribution in [0.1, 0.15) is 11.1 Å². The minimum atomic E-state index is -1.24. The van der Waals surface area contributed by atoms with E-state index >= 15 is 0 Å². The molecular formula is C18H19FN2O5. The molecule has 0 saturated carbocycles. The molecule has 26 heavy (non-hydrogen) atoms. The Labute approximate surface area is 148 Å². The largest absolute Gasteiger partial charge is 0.504 e. The highest BCUT2D eigenvalue weighted by Crippen LogP contribution is 2.25. The number of aliphatic carboxylic acids is 1. The normalized spacial score (nSPS) is 13.0. The lowest BCUT2D eigenvalue weighted by molar-refractivity contribution is -0.141. The molecule has 2 rings (SSSR count). The van der Waals surface area contributed by atoms with Crippen molar-refractivity contribution in [1.82, 2.24) is 5.32 Å². The van der Waals surface area contributed by atoms with Gasteiger partial charge < -0.3 is 26.4 Å². The fourth-order valence-corrected chi connectivity index (χ4v) is 2.38. The Kier molecular flexibility index (Phi) is 6.13. The maximum absolute atomic E-state index is 12.9. The molecule has 0 radical (unpaired) electrons. The van der Waals surface area contributed by atoms with Gasteiger partial charge in [-0.1, -0.05) is 18.2 Å². The highest BCUT2D eigenvalue weighted by Gasteiger charge is 2.24. The molecule has 0 fully saturated rings. The number of carboxylic acid groups (broad SMARTS) is 1. The van der Waals surface area contributed by atoms with Crippen LogP contribution in [0.25, 0.3) is 0 Å². The molecule has 0 heterocycles. The number of benzene rings is 2. The van der Waals surface area contributed by atoms with Crippen molar-refractivity contribution in [2.45, 2.75) is 24.9 Å². The summed E-state index contributed by atoms with van der Waals surface area (Å²) in [5.41, 5.74) is 6.86. The fraction of sp³-hybridized carbons (Fsp3) is 0.222. The highest BCUT2D eigenvalue weighted by molar-refractivity contribution is 5.87. The Balaban J connectivity index is 2.00. The monoisotopic (exact) mass is 362 g/mol. The molecule has 0 aliphatic rings. The van der Waals surface area contributed by atoms with E-state index in [-0.39, 0.29) is 24.3 Å². The van der Waals surface area contributed by atoms with Gasteiger partial charge in [-0.05, 0) is 41.8 Å². The number of carboxylic acids is 1. The first-order chi connectivity index (χ1) is 12.3. The van der Waals surface area contributed by atoms with Crippen LogP contribution in [0.4, 0.5) is 4.39 Å². The second-order valence-electron chi connectivity index (χ2n) is 5.86. The highest BCUT2D eigenvalue weighted by atomic mass is 19.1. The van der Waals surface area contributed by atoms with Gasteiger partial charge in [-0.3, -0.25) is 4.79 Å². The molecule has 2 atom stereocenters. The molecule has 7 nitrogen and oxygen atoms in total. The van der Waals surface area contributed by atoms with Crippen LogP contribution in [-0.4, -0.2) is 39.3 Å². The molecule has 0 aliphatic heterocycles. The first-order valence-electron chi connectivity index (χ1n) is 7.80. The summed E-state index contributed by atoms with van der Waals surface area (Å²) in [5, 5.41) is 30.4. The van der Waals surface area contributed by atoms with E-state index in [2.05, 4.69) is 5.32 Å². The summed E-state index contributed by atoms with van der Waals surface area (Å²) in [4.78, 5) is 23.6. The predicted molar refractivity (Wildman–Crippen MR) is 91.1 cm³/mol. The van der Waals surface area contributed by atoms with E-state index in [9.17, 15) is 29.3 Å². The van der Waals surface area contributed by atoms with Gasteiger partial charge in [-0.25, -0.2) is 9.18 Å². The molecule has 0 aromatic heterocycles. The van der Waals surface area contributed by atoms with Crippen LogP contribution in [0.3, 0.4) is 0 Å².